The molecule has 0 aromatic heterocycles. The Morgan fingerprint density at radius 2 is 0.261 bits per heavy atom. The number of benzene rings is 1. The van der Waals surface area contributed by atoms with Gasteiger partial charge in [-0.05, 0) is 267 Å². The Morgan fingerprint density at radius 3 is 0.341 bits per heavy atom. The van der Waals surface area contributed by atoms with Gasteiger partial charge in [-0.15, -0.1) is 0 Å². The molecule has 0 amide bonds. The van der Waals surface area contributed by atoms with Gasteiger partial charge in [-0.1, -0.05) is 0 Å². The van der Waals surface area contributed by atoms with Crippen molar-refractivity contribution >= 4 is 89.5 Å². The molecule has 792 valence electrons. The van der Waals surface area contributed by atoms with Gasteiger partial charge in [0.25, 0.3) is 0 Å². The zero-order chi connectivity index (χ0) is 107. The minimum atomic E-state index is -1.42. The van der Waals surface area contributed by atoms with Crippen molar-refractivity contribution in [1.82, 2.24) is 29.4 Å². The highest BCUT2D eigenvalue weighted by atomic mass is 16.6. The van der Waals surface area contributed by atoms with Crippen LogP contribution >= 0.6 is 0 Å². The average molecular weight is 1960 g/mol. The van der Waals surface area contributed by atoms with Crippen LogP contribution in [0.4, 0.5) is 0 Å². The van der Waals surface area contributed by atoms with Gasteiger partial charge in [-0.25, -0.2) is 14.4 Å². The van der Waals surface area contributed by atoms with Crippen LogP contribution in [-0.4, -0.2) is 322 Å². The van der Waals surface area contributed by atoms with Crippen molar-refractivity contribution in [3.63, 3.8) is 0 Å². The first-order chi connectivity index (χ1) is 62.4. The summed E-state index contributed by atoms with van der Waals surface area (Å²) < 4.78 is 89.0. The Hall–Kier alpha value is -8.97. The third kappa shape index (κ3) is 69.0. The van der Waals surface area contributed by atoms with E-state index in [0.717, 1.165) is 18.2 Å². The largest absolute Gasteiger partial charge is 0.460 e. The van der Waals surface area contributed by atoms with E-state index < -0.39 is 192 Å². The summed E-state index contributed by atoms with van der Waals surface area (Å²) in [7, 11) is 0. The van der Waals surface area contributed by atoms with Crippen molar-refractivity contribution in [3.05, 3.63) is 34.9 Å². The summed E-state index contributed by atoms with van der Waals surface area (Å²) in [6, 6.07) is 3.23. The van der Waals surface area contributed by atoms with E-state index in [0.29, 0.717) is 0 Å². The maximum absolute atomic E-state index is 16.2. The lowest BCUT2D eigenvalue weighted by atomic mass is 10.0. The highest BCUT2D eigenvalue weighted by Crippen LogP contribution is 2.26. The number of carbonyl (C=O) groups excluding carboxylic acids is 15. The van der Waals surface area contributed by atoms with E-state index in [1.807, 2.05) is 0 Å². The number of hydrogen-bond acceptors (Lipinski definition) is 36. The molecule has 1 aromatic rings. The van der Waals surface area contributed by atoms with Crippen LogP contribution in [0.2, 0.25) is 0 Å². The fraction of sp³-hybridized carbons (Fsp3) is 0.794. The SMILES string of the molecule is CC(C)(C)OC(=O)CCN(CCC(=O)OC(C)(C)C)CC(CN(CCC(=O)OC(C)(C)C)CCC(=O)OC(C)(C)C)OC(=O)c1cc(C(=O)OC(CN(CCC(=O)OC(C)(C)C)CCC(=O)OC(C)(C)C)CN(CCC(=O)OC(C)(C)C)CCC(=O)OC(C)(C)C)cc(C(=O)OC(CN(CCC(=O)OC(C)(C)C)CCC(=O)OC(C)(C)C)CN(CCC(=O)OC(C)(C)C)CCC(=O)OC(C)(C)C)c1. The average Bonchev–Trinajstić information content (AvgIpc) is 0.810. The smallest absolute Gasteiger partial charge is 0.338 e. The van der Waals surface area contributed by atoms with Crippen LogP contribution in [0.3, 0.4) is 0 Å². The van der Waals surface area contributed by atoms with Gasteiger partial charge in [0.2, 0.25) is 0 Å². The molecule has 36 nitrogen and oxygen atoms in total. The number of nitrogens with zero attached hydrogens (tertiary/aromatic N) is 6. The topological polar surface area (TPSA) is 414 Å². The molecule has 0 N–H and O–H groups in total. The maximum Gasteiger partial charge on any atom is 0.338 e. The summed E-state index contributed by atoms with van der Waals surface area (Å²) in [5.41, 5.74) is -12.8. The summed E-state index contributed by atoms with van der Waals surface area (Å²) in [6.45, 7) is 57.3. The lowest BCUT2D eigenvalue weighted by Gasteiger charge is -2.32. The molecule has 0 atom stereocenters. The third-order valence-corrected chi connectivity index (χ3v) is 17.9. The summed E-state index contributed by atoms with van der Waals surface area (Å²) in [4.78, 5) is 224. The summed E-state index contributed by atoms with van der Waals surface area (Å²) >= 11 is 0. The van der Waals surface area contributed by atoms with Crippen LogP contribution in [0, 0.1) is 0 Å². The molecular formula is C102H174N6O30. The zero-order valence-corrected chi connectivity index (χ0v) is 90.6. The molecule has 138 heavy (non-hydrogen) atoms. The van der Waals surface area contributed by atoms with Crippen LogP contribution in [0.5, 0.6) is 0 Å². The van der Waals surface area contributed by atoms with E-state index >= 15 is 14.4 Å². The molecule has 0 fully saturated rings. The van der Waals surface area contributed by atoms with Crippen LogP contribution in [0.25, 0.3) is 0 Å². The molecule has 0 bridgehead atoms. The number of carbonyl (C=O) groups is 15. The molecular weight excluding hydrogens is 1790 g/mol. The Balaban J connectivity index is 5.40. The highest BCUT2D eigenvalue weighted by molar-refractivity contribution is 6.00. The van der Waals surface area contributed by atoms with Crippen molar-refractivity contribution in [2.45, 2.75) is 412 Å². The first kappa shape index (κ1) is 127. The van der Waals surface area contributed by atoms with E-state index in [2.05, 4.69) is 0 Å². The Kier molecular flexibility index (Phi) is 51.6. The molecule has 0 aliphatic carbocycles. The van der Waals surface area contributed by atoms with Crippen LogP contribution in [0.15, 0.2) is 18.2 Å². The molecule has 0 radical (unpaired) electrons. The van der Waals surface area contributed by atoms with E-state index in [1.165, 1.54) is 0 Å². The van der Waals surface area contributed by atoms with Gasteiger partial charge in [0.05, 0.1) is 93.7 Å². The minimum Gasteiger partial charge on any atom is -0.460 e. The normalized spacial score (nSPS) is 12.9. The zero-order valence-electron chi connectivity index (χ0n) is 90.6. The van der Waals surface area contributed by atoms with E-state index in [9.17, 15) is 57.5 Å². The standard InChI is InChI=1S/C102H174N6O30/c1-91(2,3)127-76(109)37-49-103(50-38-77(110)128-92(4,5)6)64-73(65-104(51-39-78(111)129-93(7,8)9)52-40-79(112)130-94(10,11)12)124-88(121)70-61-71(89(122)125-74(66-105(53-41-80(113)131-95(13,14)15)54-42-81(114)132-96(16,17)18)67-106(55-43-82(115)133-97(19,20)21)56-44-83(116)134-98(22,23)24)63-72(62-70)90(123)126-75(68-107(57-45-84(117)135-99(25,26)27)58-46-85(118)136-100(28,29)30)69-108(59-47-86(119)137-101(31,32)33)60-48-87(120)138-102(34,35)36/h61-63,73-75H,37-60,64-69H2,1-36H3. The van der Waals surface area contributed by atoms with Crippen molar-refractivity contribution < 1.29 is 143 Å². The molecule has 0 aliphatic heterocycles. The van der Waals surface area contributed by atoms with Crippen molar-refractivity contribution in [1.29, 1.82) is 0 Å². The second-order valence-corrected chi connectivity index (χ2v) is 46.7. The van der Waals surface area contributed by atoms with Crippen molar-refractivity contribution in [2.75, 3.05) is 118 Å². The lowest BCUT2D eigenvalue weighted by Crippen LogP contribution is -2.46. The molecule has 1 aromatic carbocycles. The molecule has 0 aliphatic rings. The Bertz CT molecular complexity index is 3270. The summed E-state index contributed by atoms with van der Waals surface area (Å²) in [5.74, 6) is -11.3. The quantitative estimate of drug-likeness (QED) is 0.0432. The number of esters is 15. The molecule has 0 unspecified atom stereocenters. The summed E-state index contributed by atoms with van der Waals surface area (Å²) in [5, 5.41) is 0. The van der Waals surface area contributed by atoms with Gasteiger partial charge in [0.1, 0.15) is 85.5 Å². The first-order valence-electron chi connectivity index (χ1n) is 48.1. The van der Waals surface area contributed by atoms with Crippen molar-refractivity contribution in [3.8, 4) is 0 Å². The maximum atomic E-state index is 16.2. The van der Waals surface area contributed by atoms with E-state index in [4.69, 9.17) is 71.1 Å². The number of ether oxygens (including phenoxy) is 15. The van der Waals surface area contributed by atoms with Crippen LogP contribution in [-0.2, 0) is 129 Å². The Morgan fingerprint density at radius 1 is 0.174 bits per heavy atom. The molecule has 0 heterocycles. The monoisotopic (exact) mass is 1960 g/mol. The van der Waals surface area contributed by atoms with Gasteiger partial charge in [-0.2, -0.15) is 0 Å². The van der Waals surface area contributed by atoms with Crippen LogP contribution < -0.4 is 0 Å². The fourth-order valence-corrected chi connectivity index (χ4v) is 13.2. The first-order valence-corrected chi connectivity index (χ1v) is 48.1. The highest BCUT2D eigenvalue weighted by Gasteiger charge is 2.36. The van der Waals surface area contributed by atoms with Gasteiger partial charge in [-0.3, -0.25) is 86.9 Å². The molecule has 36 heteroatoms. The fourth-order valence-electron chi connectivity index (χ4n) is 13.2. The lowest BCUT2D eigenvalue weighted by molar-refractivity contribution is -0.157. The minimum absolute atomic E-state index is 0.126. The van der Waals surface area contributed by atoms with Gasteiger partial charge in [0, 0.05) is 118 Å². The predicted molar refractivity (Wildman–Crippen MR) is 518 cm³/mol. The third-order valence-electron chi connectivity index (χ3n) is 17.9. The molecule has 0 saturated heterocycles. The van der Waals surface area contributed by atoms with Crippen LogP contribution in [0.1, 0.15) is 357 Å². The van der Waals surface area contributed by atoms with Gasteiger partial charge in [0.15, 0.2) is 0 Å². The predicted octanol–water partition coefficient (Wildman–Crippen LogP) is 13.9. The van der Waals surface area contributed by atoms with Gasteiger partial charge < -0.3 is 71.1 Å². The Labute approximate surface area is 822 Å². The van der Waals surface area contributed by atoms with Gasteiger partial charge >= 0.3 is 89.5 Å². The second kappa shape index (κ2) is 56.0. The van der Waals surface area contributed by atoms with E-state index in [1.54, 1.807) is 279 Å². The number of hydrogen-bond donors (Lipinski definition) is 0. The van der Waals surface area contributed by atoms with Crippen molar-refractivity contribution in [2.24, 2.45) is 0 Å². The summed E-state index contributed by atoms with van der Waals surface area (Å²) in [6.07, 6.45) is -7.47. The number of rotatable bonds is 54. The molecule has 0 saturated carbocycles. The second-order valence-electron chi connectivity index (χ2n) is 46.7. The molecule has 0 spiro atoms. The van der Waals surface area contributed by atoms with E-state index in [-0.39, 0.29) is 195 Å². The molecule has 1 rings (SSSR count).